The lowest BCUT2D eigenvalue weighted by Crippen LogP contribution is -2.43. The third-order valence-corrected chi connectivity index (χ3v) is 6.58. The number of anilines is 2. The molecule has 1 atom stereocenters. The summed E-state index contributed by atoms with van der Waals surface area (Å²) in [5, 5.41) is 12.0. The van der Waals surface area contributed by atoms with Crippen molar-refractivity contribution in [2.75, 3.05) is 29.1 Å². The molecule has 1 N–H and O–H groups in total. The third kappa shape index (κ3) is 4.62. The molecular formula is C23H22FN5O3S. The number of amides is 2. The van der Waals surface area contributed by atoms with Crippen LogP contribution >= 0.6 is 11.8 Å². The molecule has 0 spiro atoms. The minimum Gasteiger partial charge on any atom is -0.376 e. The molecule has 170 valence electrons. The van der Waals surface area contributed by atoms with Gasteiger partial charge in [0, 0.05) is 12.2 Å². The van der Waals surface area contributed by atoms with Crippen LogP contribution in [0.5, 0.6) is 0 Å². The Morgan fingerprint density at radius 1 is 1.18 bits per heavy atom. The lowest BCUT2D eigenvalue weighted by molar-refractivity contribution is -0.120. The summed E-state index contributed by atoms with van der Waals surface area (Å²) >= 11 is 1.26. The Balaban J connectivity index is 1.37. The van der Waals surface area contributed by atoms with Gasteiger partial charge in [-0.25, -0.2) is 4.39 Å². The van der Waals surface area contributed by atoms with Gasteiger partial charge < -0.3 is 15.0 Å². The molecule has 0 saturated carbocycles. The Morgan fingerprint density at radius 3 is 2.79 bits per heavy atom. The molecule has 8 nitrogen and oxygen atoms in total. The summed E-state index contributed by atoms with van der Waals surface area (Å²) in [4.78, 5) is 26.6. The van der Waals surface area contributed by atoms with Gasteiger partial charge in [-0.1, -0.05) is 23.9 Å². The minimum atomic E-state index is -0.324. The number of carbonyl (C=O) groups is 2. The normalized spacial score (nSPS) is 17.7. The summed E-state index contributed by atoms with van der Waals surface area (Å²) in [5.74, 6) is -0.0584. The van der Waals surface area contributed by atoms with E-state index in [1.165, 1.54) is 28.8 Å². The first kappa shape index (κ1) is 21.6. The van der Waals surface area contributed by atoms with Crippen LogP contribution in [-0.4, -0.2) is 51.6 Å². The molecule has 0 bridgehead atoms. The van der Waals surface area contributed by atoms with Crippen molar-refractivity contribution in [1.82, 2.24) is 14.8 Å². The van der Waals surface area contributed by atoms with Crippen LogP contribution in [0.25, 0.3) is 11.4 Å². The molecule has 5 rings (SSSR count). The van der Waals surface area contributed by atoms with E-state index in [1.807, 2.05) is 22.8 Å². The summed E-state index contributed by atoms with van der Waals surface area (Å²) in [6, 6.07) is 13.3. The maximum atomic E-state index is 13.4. The summed E-state index contributed by atoms with van der Waals surface area (Å²) in [7, 11) is 0. The number of nitrogens with zero attached hydrogens (tertiary/aromatic N) is 4. The van der Waals surface area contributed by atoms with E-state index in [-0.39, 0.29) is 36.0 Å². The van der Waals surface area contributed by atoms with Gasteiger partial charge in [0.25, 0.3) is 0 Å². The van der Waals surface area contributed by atoms with Crippen LogP contribution in [0.3, 0.4) is 0 Å². The standard InChI is InChI=1S/C23H22FN5O3S/c24-16-9-7-15(8-10-16)22-26-27-23(29(22)12-17-4-3-11-32-17)33-14-21(31)28-13-20(30)25-18-5-1-2-6-19(18)28/h1-2,5-10,17H,3-4,11-14H2,(H,25,30). The zero-order valence-corrected chi connectivity index (χ0v) is 18.6. The number of carbonyl (C=O) groups excluding carboxylic acids is 2. The molecule has 2 amide bonds. The quantitative estimate of drug-likeness (QED) is 0.560. The molecule has 33 heavy (non-hydrogen) atoms. The summed E-state index contributed by atoms with van der Waals surface area (Å²) in [6.07, 6.45) is 1.97. The molecule has 1 aromatic heterocycles. The van der Waals surface area contributed by atoms with E-state index in [0.717, 1.165) is 25.0 Å². The first-order valence-electron chi connectivity index (χ1n) is 10.7. The fraction of sp³-hybridized carbons (Fsp3) is 0.304. The van der Waals surface area contributed by atoms with Crippen molar-refractivity contribution in [1.29, 1.82) is 0 Å². The second-order valence-corrected chi connectivity index (χ2v) is 8.84. The van der Waals surface area contributed by atoms with Crippen molar-refractivity contribution in [2.24, 2.45) is 0 Å². The first-order chi connectivity index (χ1) is 16.1. The Bertz CT molecular complexity index is 1180. The topological polar surface area (TPSA) is 89.4 Å². The van der Waals surface area contributed by atoms with Crippen LogP contribution < -0.4 is 10.2 Å². The van der Waals surface area contributed by atoms with Gasteiger partial charge in [-0.3, -0.25) is 14.2 Å². The molecule has 2 aliphatic heterocycles. The zero-order chi connectivity index (χ0) is 22.8. The monoisotopic (exact) mass is 467 g/mol. The summed E-state index contributed by atoms with van der Waals surface area (Å²) in [6.45, 7) is 1.24. The van der Waals surface area contributed by atoms with Crippen LogP contribution in [0.2, 0.25) is 0 Å². The van der Waals surface area contributed by atoms with Crippen molar-refractivity contribution in [3.05, 3.63) is 54.3 Å². The largest absolute Gasteiger partial charge is 0.376 e. The molecule has 2 aromatic carbocycles. The zero-order valence-electron chi connectivity index (χ0n) is 17.7. The van der Waals surface area contributed by atoms with Crippen molar-refractivity contribution < 1.29 is 18.7 Å². The number of fused-ring (bicyclic) bond motifs is 1. The van der Waals surface area contributed by atoms with Gasteiger partial charge in [-0.05, 0) is 49.2 Å². The van der Waals surface area contributed by atoms with E-state index in [4.69, 9.17) is 4.74 Å². The van der Waals surface area contributed by atoms with E-state index in [0.29, 0.717) is 28.9 Å². The number of nitrogens with one attached hydrogen (secondary N) is 1. The van der Waals surface area contributed by atoms with Crippen LogP contribution in [-0.2, 0) is 20.9 Å². The van der Waals surface area contributed by atoms with Gasteiger partial charge in [0.15, 0.2) is 11.0 Å². The lowest BCUT2D eigenvalue weighted by atomic mass is 10.2. The van der Waals surface area contributed by atoms with Crippen molar-refractivity contribution >= 4 is 35.0 Å². The Kier molecular flexibility index (Phi) is 6.10. The van der Waals surface area contributed by atoms with Gasteiger partial charge in [-0.15, -0.1) is 10.2 Å². The average Bonchev–Trinajstić information content (AvgIpc) is 3.48. The first-order valence-corrected chi connectivity index (χ1v) is 11.7. The van der Waals surface area contributed by atoms with Crippen LogP contribution in [0.1, 0.15) is 12.8 Å². The second kappa shape index (κ2) is 9.32. The number of hydrogen-bond acceptors (Lipinski definition) is 6. The van der Waals surface area contributed by atoms with E-state index < -0.39 is 0 Å². The van der Waals surface area contributed by atoms with Crippen molar-refractivity contribution in [3.63, 3.8) is 0 Å². The molecule has 0 radical (unpaired) electrons. The maximum absolute atomic E-state index is 13.4. The number of rotatable bonds is 6. The molecule has 2 aliphatic rings. The SMILES string of the molecule is O=C1CN(C(=O)CSc2nnc(-c3ccc(F)cc3)n2CC2CCCO2)c2ccccc2N1. The number of para-hydroxylation sites is 2. The summed E-state index contributed by atoms with van der Waals surface area (Å²) in [5.41, 5.74) is 2.03. The molecule has 1 saturated heterocycles. The van der Waals surface area contributed by atoms with Crippen LogP contribution in [0, 0.1) is 5.82 Å². The molecular weight excluding hydrogens is 445 g/mol. The fourth-order valence-corrected chi connectivity index (χ4v) is 4.85. The van der Waals surface area contributed by atoms with Crippen LogP contribution in [0.4, 0.5) is 15.8 Å². The number of ether oxygens (including phenoxy) is 1. The number of benzene rings is 2. The van der Waals surface area contributed by atoms with Gasteiger partial charge in [0.2, 0.25) is 11.8 Å². The highest BCUT2D eigenvalue weighted by molar-refractivity contribution is 7.99. The smallest absolute Gasteiger partial charge is 0.244 e. The Labute approximate surface area is 194 Å². The number of thioether (sulfide) groups is 1. The van der Waals surface area contributed by atoms with Gasteiger partial charge in [0.05, 0.1) is 29.8 Å². The summed E-state index contributed by atoms with van der Waals surface area (Å²) < 4.78 is 21.1. The molecule has 0 aliphatic carbocycles. The minimum absolute atomic E-state index is 0.0279. The second-order valence-electron chi connectivity index (χ2n) is 7.89. The lowest BCUT2D eigenvalue weighted by Gasteiger charge is -2.29. The maximum Gasteiger partial charge on any atom is 0.244 e. The Morgan fingerprint density at radius 2 is 2.00 bits per heavy atom. The van der Waals surface area contributed by atoms with Crippen LogP contribution in [0.15, 0.2) is 53.7 Å². The highest BCUT2D eigenvalue weighted by atomic mass is 32.2. The van der Waals surface area contributed by atoms with E-state index in [1.54, 1.807) is 18.2 Å². The van der Waals surface area contributed by atoms with E-state index in [9.17, 15) is 14.0 Å². The van der Waals surface area contributed by atoms with E-state index in [2.05, 4.69) is 15.5 Å². The average molecular weight is 468 g/mol. The molecule has 1 unspecified atom stereocenters. The molecule has 3 aromatic rings. The number of aromatic nitrogens is 3. The number of halogens is 1. The van der Waals surface area contributed by atoms with E-state index >= 15 is 0 Å². The number of hydrogen-bond donors (Lipinski definition) is 1. The molecule has 10 heteroatoms. The fourth-order valence-electron chi connectivity index (χ4n) is 4.02. The highest BCUT2D eigenvalue weighted by Gasteiger charge is 2.28. The third-order valence-electron chi connectivity index (χ3n) is 5.63. The van der Waals surface area contributed by atoms with Crippen molar-refractivity contribution in [2.45, 2.75) is 30.6 Å². The van der Waals surface area contributed by atoms with Gasteiger partial charge in [0.1, 0.15) is 12.4 Å². The highest BCUT2D eigenvalue weighted by Crippen LogP contribution is 2.31. The Hall–Kier alpha value is -3.24. The molecule has 1 fully saturated rings. The van der Waals surface area contributed by atoms with Gasteiger partial charge >= 0.3 is 0 Å². The predicted octanol–water partition coefficient (Wildman–Crippen LogP) is 3.34. The van der Waals surface area contributed by atoms with Crippen molar-refractivity contribution in [3.8, 4) is 11.4 Å². The predicted molar refractivity (Wildman–Crippen MR) is 123 cm³/mol. The molecule has 3 heterocycles. The van der Waals surface area contributed by atoms with Gasteiger partial charge in [-0.2, -0.15) is 0 Å².